The second-order valence-corrected chi connectivity index (χ2v) is 11.9. The molecule has 1 saturated carbocycles. The molecule has 0 aromatic carbocycles. The number of hydrogen-bond donors (Lipinski definition) is 1. The Labute approximate surface area is 148 Å². The average molecular weight is 393 g/mol. The molecule has 24 heavy (non-hydrogen) atoms. The first kappa shape index (κ1) is 18.3. The molecule has 1 aliphatic carbocycles. The van der Waals surface area contributed by atoms with Gasteiger partial charge >= 0.3 is 0 Å². The molecule has 0 bridgehead atoms. The maximum atomic E-state index is 12.3. The number of thiophene rings is 1. The van der Waals surface area contributed by atoms with Crippen molar-refractivity contribution in [2.45, 2.75) is 48.5 Å². The number of aryl methyl sites for hydroxylation is 1. The van der Waals surface area contributed by atoms with Crippen molar-refractivity contribution >= 4 is 31.4 Å². The lowest BCUT2D eigenvalue weighted by molar-refractivity contribution is 0.274. The topological polar surface area (TPSA) is 83.6 Å². The summed E-state index contributed by atoms with van der Waals surface area (Å²) in [5.74, 6) is 0.191. The summed E-state index contributed by atoms with van der Waals surface area (Å²) in [6, 6.07) is 3.50. The number of piperidine rings is 1. The van der Waals surface area contributed by atoms with Crippen LogP contribution in [0, 0.1) is 5.92 Å². The van der Waals surface area contributed by atoms with Crippen LogP contribution >= 0.6 is 11.3 Å². The third kappa shape index (κ3) is 4.01. The molecule has 136 valence electrons. The van der Waals surface area contributed by atoms with Crippen LogP contribution in [0.15, 0.2) is 16.3 Å². The van der Waals surface area contributed by atoms with Gasteiger partial charge in [-0.15, -0.1) is 11.3 Å². The van der Waals surface area contributed by atoms with Gasteiger partial charge in [0.1, 0.15) is 4.21 Å². The third-order valence-electron chi connectivity index (χ3n) is 4.69. The second kappa shape index (κ2) is 7.03. The first-order chi connectivity index (χ1) is 11.3. The van der Waals surface area contributed by atoms with Crippen LogP contribution in [0.4, 0.5) is 0 Å². The molecule has 0 radical (unpaired) electrons. The predicted molar refractivity (Wildman–Crippen MR) is 95.1 cm³/mol. The number of nitrogens with zero attached hydrogens (tertiary/aromatic N) is 1. The largest absolute Gasteiger partial charge is 0.250 e. The van der Waals surface area contributed by atoms with Gasteiger partial charge in [0.2, 0.25) is 20.0 Å². The second-order valence-electron chi connectivity index (χ2n) is 6.51. The van der Waals surface area contributed by atoms with E-state index < -0.39 is 20.0 Å². The molecule has 1 N–H and O–H groups in total. The summed E-state index contributed by atoms with van der Waals surface area (Å²) in [5, 5.41) is -0.167. The highest BCUT2D eigenvalue weighted by molar-refractivity contribution is 7.91. The van der Waals surface area contributed by atoms with Crippen LogP contribution in [0.1, 0.15) is 37.5 Å². The van der Waals surface area contributed by atoms with Crippen LogP contribution in [0.25, 0.3) is 0 Å². The Morgan fingerprint density at radius 2 is 1.79 bits per heavy atom. The Bertz CT molecular complexity index is 773. The van der Waals surface area contributed by atoms with E-state index in [1.165, 1.54) is 11.3 Å². The SMILES string of the molecule is CCc1ccc(S(=O)(=O)NCC2CCN(S(=O)(=O)C3CC3)CC2)s1. The molecule has 0 unspecified atom stereocenters. The van der Waals surface area contributed by atoms with Crippen molar-refractivity contribution in [1.29, 1.82) is 0 Å². The van der Waals surface area contributed by atoms with E-state index in [0.29, 0.717) is 36.7 Å². The fourth-order valence-electron chi connectivity index (χ4n) is 2.94. The summed E-state index contributed by atoms with van der Waals surface area (Å²) in [5.41, 5.74) is 0. The zero-order valence-electron chi connectivity index (χ0n) is 13.8. The fourth-order valence-corrected chi connectivity index (χ4v) is 7.27. The van der Waals surface area contributed by atoms with E-state index in [1.807, 2.05) is 13.0 Å². The Kier molecular flexibility index (Phi) is 5.36. The Morgan fingerprint density at radius 1 is 1.12 bits per heavy atom. The first-order valence-electron chi connectivity index (χ1n) is 8.40. The highest BCUT2D eigenvalue weighted by Gasteiger charge is 2.41. The summed E-state index contributed by atoms with van der Waals surface area (Å²) in [7, 11) is -6.56. The number of nitrogens with one attached hydrogen (secondary N) is 1. The molecular formula is C15H24N2O4S3. The molecule has 0 amide bonds. The molecule has 3 rings (SSSR count). The van der Waals surface area contributed by atoms with Gasteiger partial charge in [0.25, 0.3) is 0 Å². The molecule has 2 fully saturated rings. The Morgan fingerprint density at radius 3 is 2.33 bits per heavy atom. The van der Waals surface area contributed by atoms with Gasteiger partial charge in [0, 0.05) is 24.5 Å². The summed E-state index contributed by atoms with van der Waals surface area (Å²) < 4.78 is 53.7. The van der Waals surface area contributed by atoms with Gasteiger partial charge in [-0.1, -0.05) is 6.92 Å². The Balaban J connectivity index is 1.51. The molecule has 1 aromatic rings. The van der Waals surface area contributed by atoms with E-state index in [1.54, 1.807) is 10.4 Å². The quantitative estimate of drug-likeness (QED) is 0.767. The monoisotopic (exact) mass is 392 g/mol. The van der Waals surface area contributed by atoms with Crippen molar-refractivity contribution in [3.05, 3.63) is 17.0 Å². The molecule has 6 nitrogen and oxygen atoms in total. The summed E-state index contributed by atoms with van der Waals surface area (Å²) in [6.07, 6.45) is 3.80. The zero-order valence-corrected chi connectivity index (χ0v) is 16.2. The fraction of sp³-hybridized carbons (Fsp3) is 0.733. The number of rotatable bonds is 7. The van der Waals surface area contributed by atoms with Crippen molar-refractivity contribution < 1.29 is 16.8 Å². The molecule has 9 heteroatoms. The first-order valence-corrected chi connectivity index (χ1v) is 12.2. The molecule has 1 saturated heterocycles. The summed E-state index contributed by atoms with van der Waals surface area (Å²) in [6.45, 7) is 3.38. The van der Waals surface area contributed by atoms with Gasteiger partial charge in [-0.25, -0.2) is 25.9 Å². The molecule has 0 spiro atoms. The van der Waals surface area contributed by atoms with E-state index in [2.05, 4.69) is 4.72 Å². The maximum absolute atomic E-state index is 12.3. The normalized spacial score (nSPS) is 21.2. The van der Waals surface area contributed by atoms with Crippen molar-refractivity contribution in [2.24, 2.45) is 5.92 Å². The predicted octanol–water partition coefficient (Wildman–Crippen LogP) is 1.79. The molecule has 2 aliphatic rings. The van der Waals surface area contributed by atoms with Gasteiger partial charge in [0.15, 0.2) is 0 Å². The Hall–Kier alpha value is -0.480. The zero-order chi connectivity index (χ0) is 17.4. The van der Waals surface area contributed by atoms with Gasteiger partial charge in [-0.2, -0.15) is 0 Å². The molecule has 1 aromatic heterocycles. The minimum atomic E-state index is -3.46. The lowest BCUT2D eigenvalue weighted by atomic mass is 9.99. The smallest absolute Gasteiger partial charge is 0.212 e. The van der Waals surface area contributed by atoms with Crippen LogP contribution in [-0.4, -0.2) is 46.0 Å². The summed E-state index contributed by atoms with van der Waals surface area (Å²) in [4.78, 5) is 1.05. The van der Waals surface area contributed by atoms with Crippen molar-refractivity contribution in [1.82, 2.24) is 9.03 Å². The molecule has 2 heterocycles. The van der Waals surface area contributed by atoms with E-state index in [9.17, 15) is 16.8 Å². The van der Waals surface area contributed by atoms with Crippen LogP contribution in [0.5, 0.6) is 0 Å². The summed E-state index contributed by atoms with van der Waals surface area (Å²) >= 11 is 1.30. The average Bonchev–Trinajstić information content (AvgIpc) is 3.31. The maximum Gasteiger partial charge on any atom is 0.250 e. The van der Waals surface area contributed by atoms with Crippen molar-refractivity contribution in [2.75, 3.05) is 19.6 Å². The van der Waals surface area contributed by atoms with Gasteiger partial charge < -0.3 is 0 Å². The van der Waals surface area contributed by atoms with Crippen LogP contribution in [0.3, 0.4) is 0 Å². The third-order valence-corrected chi connectivity index (χ3v) is 10.2. The molecule has 0 atom stereocenters. The van der Waals surface area contributed by atoms with Gasteiger partial charge in [-0.05, 0) is 50.2 Å². The van der Waals surface area contributed by atoms with Crippen LogP contribution in [-0.2, 0) is 26.5 Å². The van der Waals surface area contributed by atoms with Gasteiger partial charge in [-0.3, -0.25) is 0 Å². The highest BCUT2D eigenvalue weighted by atomic mass is 32.2. The van der Waals surface area contributed by atoms with Gasteiger partial charge in [0.05, 0.1) is 5.25 Å². The number of hydrogen-bond acceptors (Lipinski definition) is 5. The highest BCUT2D eigenvalue weighted by Crippen LogP contribution is 2.33. The molecule has 1 aliphatic heterocycles. The minimum absolute atomic E-state index is 0.167. The van der Waals surface area contributed by atoms with Crippen molar-refractivity contribution in [3.63, 3.8) is 0 Å². The van der Waals surface area contributed by atoms with E-state index in [0.717, 1.165) is 24.1 Å². The van der Waals surface area contributed by atoms with Crippen LogP contribution in [0.2, 0.25) is 0 Å². The lowest BCUT2D eigenvalue weighted by Crippen LogP contribution is -2.42. The van der Waals surface area contributed by atoms with E-state index >= 15 is 0 Å². The van der Waals surface area contributed by atoms with Crippen LogP contribution < -0.4 is 4.72 Å². The minimum Gasteiger partial charge on any atom is -0.212 e. The molecular weight excluding hydrogens is 368 g/mol. The van der Waals surface area contributed by atoms with Crippen molar-refractivity contribution in [3.8, 4) is 0 Å². The van der Waals surface area contributed by atoms with E-state index in [-0.39, 0.29) is 11.2 Å². The van der Waals surface area contributed by atoms with E-state index in [4.69, 9.17) is 0 Å². The lowest BCUT2D eigenvalue weighted by Gasteiger charge is -2.31. The number of sulfonamides is 2. The standard InChI is InChI=1S/C15H24N2O4S3/c1-2-13-3-6-15(22-13)23(18,19)16-11-12-7-9-17(10-8-12)24(20,21)14-4-5-14/h3,6,12,14,16H,2,4-5,7-11H2,1H3.